The van der Waals surface area contributed by atoms with E-state index in [-0.39, 0.29) is 11.5 Å². The fraction of sp³-hybridized carbons (Fsp3) is 0.143. The molecule has 0 spiro atoms. The molecule has 0 bridgehead atoms. The van der Waals surface area contributed by atoms with Gasteiger partial charge < -0.3 is 4.74 Å². The average molecular weight is 411 g/mol. The maximum absolute atomic E-state index is 11.9. The number of hydrogen-bond donors (Lipinski definition) is 1. The summed E-state index contributed by atoms with van der Waals surface area (Å²) in [6.45, 7) is 4.08. The molecule has 0 amide bonds. The number of hydrogen-bond acceptors (Lipinski definition) is 5. The van der Waals surface area contributed by atoms with E-state index in [0.717, 1.165) is 22.6 Å². The number of primary sulfonamides is 1. The summed E-state index contributed by atoms with van der Waals surface area (Å²) in [5.74, 6) is -0.497. The summed E-state index contributed by atoms with van der Waals surface area (Å²) in [5, 5.41) is 9.49. The zero-order chi connectivity index (χ0) is 21.0. The van der Waals surface area contributed by atoms with Crippen molar-refractivity contribution in [2.45, 2.75) is 25.3 Å². The van der Waals surface area contributed by atoms with E-state index in [1.807, 2.05) is 48.9 Å². The molecule has 0 unspecified atom stereocenters. The standard InChI is InChI=1S/C21H21N3O4S/c1-15-13-16(2)24(23-15)19-8-3-18(4-9-19)14-28-21(25)12-7-17-5-10-20(11-6-17)29(22,26)27/h3-13H,14H2,1-2H3,(H2,22,26,27)/b12-7+. The van der Waals surface area contributed by atoms with Gasteiger partial charge in [-0.05, 0) is 61.4 Å². The van der Waals surface area contributed by atoms with Crippen LogP contribution >= 0.6 is 0 Å². The molecule has 3 aromatic rings. The van der Waals surface area contributed by atoms with Crippen molar-refractivity contribution in [1.82, 2.24) is 9.78 Å². The van der Waals surface area contributed by atoms with Crippen molar-refractivity contribution in [2.75, 3.05) is 0 Å². The van der Waals surface area contributed by atoms with Crippen molar-refractivity contribution in [3.63, 3.8) is 0 Å². The molecule has 2 aromatic carbocycles. The number of aryl methyl sites for hydroxylation is 2. The number of esters is 1. The first kappa shape index (κ1) is 20.5. The van der Waals surface area contributed by atoms with Gasteiger partial charge in [-0.25, -0.2) is 23.0 Å². The van der Waals surface area contributed by atoms with Crippen LogP contribution in [0.3, 0.4) is 0 Å². The quantitative estimate of drug-likeness (QED) is 0.496. The van der Waals surface area contributed by atoms with Crippen LogP contribution < -0.4 is 5.14 Å². The van der Waals surface area contributed by atoms with Gasteiger partial charge in [-0.1, -0.05) is 24.3 Å². The molecule has 0 aliphatic carbocycles. The smallest absolute Gasteiger partial charge is 0.331 e. The lowest BCUT2D eigenvalue weighted by molar-refractivity contribution is -0.138. The zero-order valence-corrected chi connectivity index (χ0v) is 16.9. The van der Waals surface area contributed by atoms with E-state index < -0.39 is 16.0 Å². The molecule has 0 fully saturated rings. The van der Waals surface area contributed by atoms with Crippen molar-refractivity contribution >= 4 is 22.1 Å². The Morgan fingerprint density at radius 2 is 1.76 bits per heavy atom. The molecule has 1 aromatic heterocycles. The topological polar surface area (TPSA) is 104 Å². The van der Waals surface area contributed by atoms with Crippen LogP contribution in [-0.2, 0) is 26.2 Å². The lowest BCUT2D eigenvalue weighted by atomic mass is 10.2. The summed E-state index contributed by atoms with van der Waals surface area (Å²) in [6.07, 6.45) is 2.83. The highest BCUT2D eigenvalue weighted by Crippen LogP contribution is 2.14. The second kappa shape index (κ2) is 8.42. The third-order valence-corrected chi connectivity index (χ3v) is 5.12. The molecular formula is C21H21N3O4S. The molecule has 0 saturated carbocycles. The van der Waals surface area contributed by atoms with Crippen LogP contribution in [0.25, 0.3) is 11.8 Å². The maximum atomic E-state index is 11.9. The van der Waals surface area contributed by atoms with Crippen LogP contribution in [0.15, 0.2) is 65.6 Å². The Hall–Kier alpha value is -3.23. The third-order valence-electron chi connectivity index (χ3n) is 4.19. The van der Waals surface area contributed by atoms with Crippen LogP contribution in [0, 0.1) is 13.8 Å². The monoisotopic (exact) mass is 411 g/mol. The number of carbonyl (C=O) groups is 1. The van der Waals surface area contributed by atoms with Gasteiger partial charge in [0.05, 0.1) is 16.3 Å². The van der Waals surface area contributed by atoms with Gasteiger partial charge in [-0.2, -0.15) is 5.10 Å². The number of carbonyl (C=O) groups excluding carboxylic acids is 1. The van der Waals surface area contributed by atoms with Gasteiger partial charge in [-0.3, -0.25) is 0 Å². The maximum Gasteiger partial charge on any atom is 0.331 e. The number of nitrogens with two attached hydrogens (primary N) is 1. The number of aromatic nitrogens is 2. The highest BCUT2D eigenvalue weighted by molar-refractivity contribution is 7.89. The summed E-state index contributed by atoms with van der Waals surface area (Å²) in [4.78, 5) is 11.9. The van der Waals surface area contributed by atoms with Crippen LogP contribution in [0.1, 0.15) is 22.5 Å². The Morgan fingerprint density at radius 3 is 2.31 bits per heavy atom. The van der Waals surface area contributed by atoms with Gasteiger partial charge in [0.15, 0.2) is 0 Å². The Bertz CT molecular complexity index is 1150. The van der Waals surface area contributed by atoms with E-state index in [9.17, 15) is 13.2 Å². The van der Waals surface area contributed by atoms with Crippen molar-refractivity contribution in [1.29, 1.82) is 0 Å². The van der Waals surface area contributed by atoms with Crippen molar-refractivity contribution in [3.8, 4) is 5.69 Å². The van der Waals surface area contributed by atoms with Gasteiger partial charge in [-0.15, -0.1) is 0 Å². The van der Waals surface area contributed by atoms with Crippen LogP contribution in [0.2, 0.25) is 0 Å². The number of sulfonamides is 1. The third kappa shape index (κ3) is 5.40. The first-order valence-electron chi connectivity index (χ1n) is 8.83. The van der Waals surface area contributed by atoms with Gasteiger partial charge in [0.25, 0.3) is 0 Å². The van der Waals surface area contributed by atoms with Gasteiger partial charge in [0.1, 0.15) is 6.61 Å². The van der Waals surface area contributed by atoms with E-state index in [4.69, 9.17) is 9.88 Å². The molecule has 0 aliphatic rings. The molecule has 0 radical (unpaired) electrons. The number of rotatable bonds is 6. The summed E-state index contributed by atoms with van der Waals surface area (Å²) >= 11 is 0. The largest absolute Gasteiger partial charge is 0.458 e. The fourth-order valence-electron chi connectivity index (χ4n) is 2.76. The van der Waals surface area contributed by atoms with Crippen LogP contribution in [0.5, 0.6) is 0 Å². The van der Waals surface area contributed by atoms with Crippen LogP contribution in [-0.4, -0.2) is 24.2 Å². The Kier molecular flexibility index (Phi) is 5.95. The number of nitrogens with zero attached hydrogens (tertiary/aromatic N) is 2. The minimum absolute atomic E-state index is 0.0149. The predicted molar refractivity (Wildman–Crippen MR) is 110 cm³/mol. The summed E-state index contributed by atoms with van der Waals surface area (Å²) in [6, 6.07) is 15.5. The van der Waals surface area contributed by atoms with Crippen molar-refractivity contribution < 1.29 is 17.9 Å². The first-order valence-corrected chi connectivity index (χ1v) is 10.4. The van der Waals surface area contributed by atoms with E-state index in [0.29, 0.717) is 5.56 Å². The Balaban J connectivity index is 1.56. The molecule has 150 valence electrons. The van der Waals surface area contributed by atoms with Crippen molar-refractivity contribution in [2.24, 2.45) is 5.14 Å². The summed E-state index contributed by atoms with van der Waals surface area (Å²) in [5.41, 5.74) is 4.45. The first-order chi connectivity index (χ1) is 13.7. The SMILES string of the molecule is Cc1cc(C)n(-c2ccc(COC(=O)/C=C/c3ccc(S(N)(=O)=O)cc3)cc2)n1. The minimum atomic E-state index is -3.73. The number of benzene rings is 2. The molecule has 3 rings (SSSR count). The molecule has 0 aliphatic heterocycles. The van der Waals surface area contributed by atoms with E-state index in [2.05, 4.69) is 5.10 Å². The predicted octanol–water partition coefficient (Wildman–Crippen LogP) is 2.89. The van der Waals surface area contributed by atoms with E-state index in [1.165, 1.54) is 18.2 Å². The van der Waals surface area contributed by atoms with Gasteiger partial charge in [0, 0.05) is 11.8 Å². The molecule has 0 saturated heterocycles. The second-order valence-electron chi connectivity index (χ2n) is 6.56. The van der Waals surface area contributed by atoms with E-state index >= 15 is 0 Å². The highest BCUT2D eigenvalue weighted by atomic mass is 32.2. The minimum Gasteiger partial charge on any atom is -0.458 e. The molecule has 29 heavy (non-hydrogen) atoms. The normalized spacial score (nSPS) is 11.7. The second-order valence-corrected chi connectivity index (χ2v) is 8.12. The molecule has 7 nitrogen and oxygen atoms in total. The van der Waals surface area contributed by atoms with Gasteiger partial charge >= 0.3 is 5.97 Å². The number of ether oxygens (including phenoxy) is 1. The molecule has 1 heterocycles. The highest BCUT2D eigenvalue weighted by Gasteiger charge is 2.07. The summed E-state index contributed by atoms with van der Waals surface area (Å²) < 4.78 is 29.6. The Morgan fingerprint density at radius 1 is 1.10 bits per heavy atom. The summed E-state index contributed by atoms with van der Waals surface area (Å²) in [7, 11) is -3.73. The van der Waals surface area contributed by atoms with Gasteiger partial charge in [0.2, 0.25) is 10.0 Å². The molecule has 0 atom stereocenters. The average Bonchev–Trinajstić information content (AvgIpc) is 3.03. The molecular weight excluding hydrogens is 390 g/mol. The molecule has 8 heteroatoms. The Labute approximate surface area is 169 Å². The van der Waals surface area contributed by atoms with Crippen molar-refractivity contribution in [3.05, 3.63) is 83.2 Å². The van der Waals surface area contributed by atoms with E-state index in [1.54, 1.807) is 18.2 Å². The van der Waals surface area contributed by atoms with Crippen LogP contribution in [0.4, 0.5) is 0 Å². The lowest BCUT2D eigenvalue weighted by Gasteiger charge is -2.06. The zero-order valence-electron chi connectivity index (χ0n) is 16.1. The lowest BCUT2D eigenvalue weighted by Crippen LogP contribution is -2.11. The molecule has 2 N–H and O–H groups in total. The fourth-order valence-corrected chi connectivity index (χ4v) is 3.27.